The van der Waals surface area contributed by atoms with Crippen molar-refractivity contribution in [1.29, 1.82) is 0 Å². The third kappa shape index (κ3) is 2.40. The summed E-state index contributed by atoms with van der Waals surface area (Å²) in [6, 6.07) is 3.72. The van der Waals surface area contributed by atoms with E-state index >= 15 is 0 Å². The maximum Gasteiger partial charge on any atom is 0.171 e. The Kier molecular flexibility index (Phi) is 3.85. The zero-order valence-corrected chi connectivity index (χ0v) is 12.2. The van der Waals surface area contributed by atoms with Crippen LogP contribution >= 0.6 is 50.5 Å². The van der Waals surface area contributed by atoms with Crippen LogP contribution in [0, 0.1) is 0 Å². The minimum atomic E-state index is 0.436. The van der Waals surface area contributed by atoms with Crippen LogP contribution in [0.25, 0.3) is 10.7 Å². The van der Waals surface area contributed by atoms with Gasteiger partial charge in [0.25, 0.3) is 0 Å². The molecule has 0 bridgehead atoms. The van der Waals surface area contributed by atoms with E-state index in [0.29, 0.717) is 11.0 Å². The van der Waals surface area contributed by atoms with Crippen molar-refractivity contribution in [2.45, 2.75) is 13.3 Å². The first-order valence-electron chi connectivity index (χ1n) is 4.59. The van der Waals surface area contributed by atoms with Crippen molar-refractivity contribution in [2.75, 3.05) is 0 Å². The molecule has 0 spiro atoms. The number of aromatic nitrogens is 2. The normalized spacial score (nSPS) is 10.8. The van der Waals surface area contributed by atoms with Crippen molar-refractivity contribution in [1.82, 2.24) is 9.97 Å². The summed E-state index contributed by atoms with van der Waals surface area (Å²) >= 11 is 16.7. The highest BCUT2D eigenvalue weighted by Gasteiger charge is 2.12. The smallest absolute Gasteiger partial charge is 0.171 e. The second-order valence-corrected chi connectivity index (χ2v) is 5.92. The second-order valence-electron chi connectivity index (χ2n) is 3.06. The molecular formula is C10H7BrCl2N2S. The van der Waals surface area contributed by atoms with Gasteiger partial charge in [0.15, 0.2) is 5.82 Å². The molecule has 0 aliphatic heterocycles. The zero-order chi connectivity index (χ0) is 11.7. The number of halogens is 3. The molecule has 16 heavy (non-hydrogen) atoms. The van der Waals surface area contributed by atoms with E-state index in [4.69, 9.17) is 23.2 Å². The van der Waals surface area contributed by atoms with Gasteiger partial charge in [-0.05, 0) is 34.5 Å². The quantitative estimate of drug-likeness (QED) is 0.733. The second kappa shape index (κ2) is 5.00. The molecule has 6 heteroatoms. The van der Waals surface area contributed by atoms with Gasteiger partial charge in [-0.1, -0.05) is 30.1 Å². The largest absolute Gasteiger partial charge is 0.231 e. The number of hydrogen-bond acceptors (Lipinski definition) is 3. The summed E-state index contributed by atoms with van der Waals surface area (Å²) in [5, 5.41) is 0.436. The Morgan fingerprint density at radius 3 is 2.62 bits per heavy atom. The van der Waals surface area contributed by atoms with Crippen LogP contribution in [0.2, 0.25) is 9.49 Å². The summed E-state index contributed by atoms with van der Waals surface area (Å²) in [4.78, 5) is 9.59. The SMILES string of the molecule is CCc1nc(-c2ccc(Cl)s2)nc(Cl)c1Br. The summed E-state index contributed by atoms with van der Waals surface area (Å²) in [6.07, 6.45) is 0.801. The summed E-state index contributed by atoms with van der Waals surface area (Å²) in [5.74, 6) is 0.627. The van der Waals surface area contributed by atoms with Crippen molar-refractivity contribution in [3.63, 3.8) is 0 Å². The van der Waals surface area contributed by atoms with E-state index < -0.39 is 0 Å². The standard InChI is InChI=1S/C10H7BrCl2N2S/c1-2-5-8(11)9(13)15-10(14-5)6-3-4-7(12)16-6/h3-4H,2H2,1H3. The van der Waals surface area contributed by atoms with Gasteiger partial charge in [-0.2, -0.15) is 0 Å². The summed E-state index contributed by atoms with van der Waals surface area (Å²) < 4.78 is 1.48. The average molecular weight is 338 g/mol. The van der Waals surface area contributed by atoms with E-state index in [-0.39, 0.29) is 0 Å². The van der Waals surface area contributed by atoms with Crippen LogP contribution in [0.15, 0.2) is 16.6 Å². The Labute approximate surface area is 116 Å². The van der Waals surface area contributed by atoms with Gasteiger partial charge in [0.1, 0.15) is 5.15 Å². The van der Waals surface area contributed by atoms with E-state index in [9.17, 15) is 0 Å². The van der Waals surface area contributed by atoms with Gasteiger partial charge in [-0.15, -0.1) is 11.3 Å². The fourth-order valence-corrected chi connectivity index (χ4v) is 2.87. The predicted molar refractivity (Wildman–Crippen MR) is 72.4 cm³/mol. The van der Waals surface area contributed by atoms with Gasteiger partial charge in [0.05, 0.1) is 19.4 Å². The first kappa shape index (κ1) is 12.3. The van der Waals surface area contributed by atoms with Crippen LogP contribution in [-0.4, -0.2) is 9.97 Å². The van der Waals surface area contributed by atoms with Crippen molar-refractivity contribution in [3.8, 4) is 10.7 Å². The third-order valence-electron chi connectivity index (χ3n) is 2.01. The molecule has 0 aromatic carbocycles. The van der Waals surface area contributed by atoms with Crippen LogP contribution in [0.5, 0.6) is 0 Å². The molecule has 0 N–H and O–H groups in total. The van der Waals surface area contributed by atoms with Crippen molar-refractivity contribution in [2.24, 2.45) is 0 Å². The topological polar surface area (TPSA) is 25.8 Å². The molecule has 2 heterocycles. The third-order valence-corrected chi connectivity index (χ3v) is 4.57. The molecule has 0 aliphatic carbocycles. The molecular weight excluding hydrogens is 331 g/mol. The van der Waals surface area contributed by atoms with E-state index in [1.165, 1.54) is 11.3 Å². The van der Waals surface area contributed by atoms with Gasteiger partial charge in [0.2, 0.25) is 0 Å². The number of aryl methyl sites for hydroxylation is 1. The molecule has 0 aliphatic rings. The fourth-order valence-electron chi connectivity index (χ4n) is 1.24. The molecule has 2 nitrogen and oxygen atoms in total. The molecule has 84 valence electrons. The highest BCUT2D eigenvalue weighted by atomic mass is 79.9. The predicted octanol–water partition coefficient (Wildman–Crippen LogP) is 4.84. The number of rotatable bonds is 2. The lowest BCUT2D eigenvalue weighted by Crippen LogP contribution is -1.96. The Morgan fingerprint density at radius 2 is 2.06 bits per heavy atom. The summed E-state index contributed by atoms with van der Waals surface area (Å²) in [6.45, 7) is 2.02. The lowest BCUT2D eigenvalue weighted by Gasteiger charge is -2.04. The summed E-state index contributed by atoms with van der Waals surface area (Å²) in [7, 11) is 0. The van der Waals surface area contributed by atoms with Gasteiger partial charge in [0, 0.05) is 0 Å². The minimum absolute atomic E-state index is 0.436. The van der Waals surface area contributed by atoms with Crippen LogP contribution in [0.4, 0.5) is 0 Å². The molecule has 0 saturated carbocycles. The van der Waals surface area contributed by atoms with Crippen LogP contribution in [0.1, 0.15) is 12.6 Å². The number of thiophene rings is 1. The van der Waals surface area contributed by atoms with E-state index in [0.717, 1.165) is 25.8 Å². The highest BCUT2D eigenvalue weighted by Crippen LogP contribution is 2.32. The molecule has 0 amide bonds. The van der Waals surface area contributed by atoms with Crippen molar-refractivity contribution >= 4 is 50.5 Å². The molecule has 0 atom stereocenters. The minimum Gasteiger partial charge on any atom is -0.231 e. The van der Waals surface area contributed by atoms with E-state index in [1.807, 2.05) is 19.1 Å². The average Bonchev–Trinajstić information content (AvgIpc) is 2.69. The Bertz CT molecular complexity index is 528. The fraction of sp³-hybridized carbons (Fsp3) is 0.200. The maximum absolute atomic E-state index is 6.03. The van der Waals surface area contributed by atoms with Crippen molar-refractivity contribution < 1.29 is 0 Å². The lowest BCUT2D eigenvalue weighted by atomic mass is 10.3. The van der Waals surface area contributed by atoms with E-state index in [2.05, 4.69) is 25.9 Å². The highest BCUT2D eigenvalue weighted by molar-refractivity contribution is 9.10. The Balaban J connectivity index is 2.54. The molecule has 2 aromatic rings. The summed E-state index contributed by atoms with van der Waals surface area (Å²) in [5.41, 5.74) is 0.902. The van der Waals surface area contributed by atoms with Crippen LogP contribution in [0.3, 0.4) is 0 Å². The van der Waals surface area contributed by atoms with Gasteiger partial charge in [-0.3, -0.25) is 0 Å². The van der Waals surface area contributed by atoms with Crippen LogP contribution < -0.4 is 0 Å². The molecule has 0 radical (unpaired) electrons. The molecule has 0 unspecified atom stereocenters. The first-order chi connectivity index (χ1) is 7.61. The Hall–Kier alpha value is -0.160. The first-order valence-corrected chi connectivity index (χ1v) is 6.96. The molecule has 2 rings (SSSR count). The van der Waals surface area contributed by atoms with Gasteiger partial charge < -0.3 is 0 Å². The molecule has 0 saturated heterocycles. The lowest BCUT2D eigenvalue weighted by molar-refractivity contribution is 0.993. The Morgan fingerprint density at radius 1 is 1.31 bits per heavy atom. The number of hydrogen-bond donors (Lipinski definition) is 0. The maximum atomic E-state index is 6.03. The zero-order valence-electron chi connectivity index (χ0n) is 8.30. The van der Waals surface area contributed by atoms with E-state index in [1.54, 1.807) is 0 Å². The van der Waals surface area contributed by atoms with Gasteiger partial charge in [-0.25, -0.2) is 9.97 Å². The molecule has 0 fully saturated rings. The monoisotopic (exact) mass is 336 g/mol. The number of nitrogens with zero attached hydrogens (tertiary/aromatic N) is 2. The van der Waals surface area contributed by atoms with Gasteiger partial charge >= 0.3 is 0 Å². The van der Waals surface area contributed by atoms with Crippen LogP contribution in [-0.2, 0) is 6.42 Å². The molecule has 2 aromatic heterocycles. The van der Waals surface area contributed by atoms with Crippen molar-refractivity contribution in [3.05, 3.63) is 31.8 Å².